The lowest BCUT2D eigenvalue weighted by atomic mass is 9.92. The van der Waals surface area contributed by atoms with Gasteiger partial charge in [-0.15, -0.1) is 0 Å². The van der Waals surface area contributed by atoms with Crippen LogP contribution in [0.2, 0.25) is 0 Å². The summed E-state index contributed by atoms with van der Waals surface area (Å²) in [6.07, 6.45) is 2.83. The molecule has 0 spiro atoms. The molecule has 2 fully saturated rings. The van der Waals surface area contributed by atoms with Crippen LogP contribution < -0.4 is 15.7 Å². The van der Waals surface area contributed by atoms with E-state index in [1.54, 1.807) is 12.3 Å². The molecule has 2 saturated heterocycles. The van der Waals surface area contributed by atoms with Crippen LogP contribution in [0.3, 0.4) is 0 Å². The fourth-order valence-electron chi connectivity index (χ4n) is 4.80. The Kier molecular flexibility index (Phi) is 5.16. The third-order valence-electron chi connectivity index (χ3n) is 6.34. The van der Waals surface area contributed by atoms with Gasteiger partial charge in [-0.2, -0.15) is 5.26 Å². The molecule has 5 rings (SSSR count). The normalized spacial score (nSPS) is 22.2. The fraction of sp³-hybridized carbons (Fsp3) is 0.435. The Morgan fingerprint density at radius 1 is 1.35 bits per heavy atom. The van der Waals surface area contributed by atoms with E-state index in [4.69, 9.17) is 22.8 Å². The van der Waals surface area contributed by atoms with Gasteiger partial charge in [0.15, 0.2) is 0 Å². The lowest BCUT2D eigenvalue weighted by Gasteiger charge is -2.42. The number of hydrogen-bond acceptors (Lipinski definition) is 6. The van der Waals surface area contributed by atoms with Gasteiger partial charge in [-0.25, -0.2) is 4.98 Å². The third-order valence-corrected chi connectivity index (χ3v) is 6.34. The average Bonchev–Trinajstić information content (AvgIpc) is 3.18. The number of benzene rings is 1. The molecule has 1 aromatic carbocycles. The van der Waals surface area contributed by atoms with Gasteiger partial charge < -0.3 is 19.5 Å². The quantitative estimate of drug-likeness (QED) is 0.659. The van der Waals surface area contributed by atoms with Gasteiger partial charge in [0.2, 0.25) is 5.95 Å². The number of nitriles is 1. The van der Waals surface area contributed by atoms with Crippen molar-refractivity contribution in [1.82, 2.24) is 19.9 Å². The smallest absolute Gasteiger partial charge is 0.207 e. The van der Waals surface area contributed by atoms with Gasteiger partial charge in [-0.1, -0.05) is 11.5 Å². The fourth-order valence-corrected chi connectivity index (χ4v) is 4.80. The highest BCUT2D eigenvalue weighted by molar-refractivity contribution is 6.38. The van der Waals surface area contributed by atoms with Crippen molar-refractivity contribution in [3.8, 4) is 6.07 Å². The van der Waals surface area contributed by atoms with Crippen molar-refractivity contribution in [2.45, 2.75) is 38.5 Å². The molecule has 4 heterocycles. The van der Waals surface area contributed by atoms with Crippen molar-refractivity contribution < 1.29 is 4.74 Å². The van der Waals surface area contributed by atoms with Crippen LogP contribution in [0.15, 0.2) is 30.5 Å². The number of fused-ring (bicyclic) bond motifs is 2. The Morgan fingerprint density at radius 3 is 3.00 bits per heavy atom. The van der Waals surface area contributed by atoms with Crippen molar-refractivity contribution in [3.63, 3.8) is 0 Å². The lowest BCUT2D eigenvalue weighted by Crippen LogP contribution is -2.58. The molecule has 31 heavy (non-hydrogen) atoms. The number of anilines is 1. The average molecular weight is 412 g/mol. The highest BCUT2D eigenvalue weighted by atomic mass is 16.5. The third kappa shape index (κ3) is 3.58. The van der Waals surface area contributed by atoms with Gasteiger partial charge in [0.05, 0.1) is 47.1 Å². The summed E-state index contributed by atoms with van der Waals surface area (Å²) >= 11 is 0. The minimum absolute atomic E-state index is 0.0916. The second kappa shape index (κ2) is 7.99. The number of pyridine rings is 1. The zero-order valence-corrected chi connectivity index (χ0v) is 17.9. The van der Waals surface area contributed by atoms with Crippen LogP contribution in [0.1, 0.15) is 36.2 Å². The second-order valence-electron chi connectivity index (χ2n) is 8.47. The van der Waals surface area contributed by atoms with E-state index in [0.717, 1.165) is 60.9 Å². The molecular weight excluding hydrogens is 387 g/mol. The van der Waals surface area contributed by atoms with Crippen molar-refractivity contribution in [1.29, 1.82) is 5.26 Å². The number of imidazole rings is 1. The molecule has 3 atom stereocenters. The Hall–Kier alpha value is -2.89. The van der Waals surface area contributed by atoms with E-state index in [2.05, 4.69) is 38.8 Å². The standard InChI is InChI=1S/C23H25BN6O/c1-14-9-17(24)22-19(10-14)28-23(29-7-5-21-20(13-29)26-6-8-31-21)30(22)15(2)18-4-3-16(11-25)12-27-18/h3-4,9-10,12,15,20-21,26H,5-8,13H2,1-2H3/t15-,20?,21-/m0/s1. The summed E-state index contributed by atoms with van der Waals surface area (Å²) in [5, 5.41) is 12.7. The van der Waals surface area contributed by atoms with Crippen molar-refractivity contribution in [2.24, 2.45) is 0 Å². The number of aryl methyl sites for hydroxylation is 1. The van der Waals surface area contributed by atoms with E-state index >= 15 is 0 Å². The van der Waals surface area contributed by atoms with E-state index in [9.17, 15) is 0 Å². The van der Waals surface area contributed by atoms with E-state index in [1.807, 2.05) is 19.1 Å². The molecule has 0 saturated carbocycles. The minimum atomic E-state index is -0.0916. The van der Waals surface area contributed by atoms with Crippen LogP contribution >= 0.6 is 0 Å². The lowest BCUT2D eigenvalue weighted by molar-refractivity contribution is -0.0137. The first-order chi connectivity index (χ1) is 15.0. The second-order valence-corrected chi connectivity index (χ2v) is 8.47. The topological polar surface area (TPSA) is 79.0 Å². The SMILES string of the molecule is [B]c1cc(C)cc2nc(N3CC[C@@H]4OCCNC4C3)n([C@@H](C)c3ccc(C#N)cn3)c12. The number of morpholine rings is 1. The molecule has 2 aromatic heterocycles. The predicted molar refractivity (Wildman–Crippen MR) is 121 cm³/mol. The first-order valence-electron chi connectivity index (χ1n) is 10.8. The van der Waals surface area contributed by atoms with Gasteiger partial charge in [0.1, 0.15) is 13.9 Å². The summed E-state index contributed by atoms with van der Waals surface area (Å²) in [6, 6.07) is 10.1. The molecule has 0 bridgehead atoms. The maximum absolute atomic E-state index is 9.12. The van der Waals surface area contributed by atoms with Gasteiger partial charge in [-0.3, -0.25) is 4.98 Å². The number of nitrogens with zero attached hydrogens (tertiary/aromatic N) is 5. The van der Waals surface area contributed by atoms with Crippen LogP contribution in [0.5, 0.6) is 0 Å². The Labute approximate surface area is 183 Å². The number of hydrogen-bond donors (Lipinski definition) is 1. The highest BCUT2D eigenvalue weighted by Gasteiger charge is 2.34. The van der Waals surface area contributed by atoms with Crippen molar-refractivity contribution in [3.05, 3.63) is 47.3 Å². The summed E-state index contributed by atoms with van der Waals surface area (Å²) < 4.78 is 8.15. The summed E-state index contributed by atoms with van der Waals surface area (Å²) in [4.78, 5) is 11.9. The summed E-state index contributed by atoms with van der Waals surface area (Å²) in [6.45, 7) is 7.50. The molecule has 0 aliphatic carbocycles. The van der Waals surface area contributed by atoms with E-state index in [-0.39, 0.29) is 18.2 Å². The van der Waals surface area contributed by atoms with E-state index in [0.29, 0.717) is 11.0 Å². The number of piperidine rings is 1. The minimum Gasteiger partial charge on any atom is -0.375 e. The van der Waals surface area contributed by atoms with Gasteiger partial charge in [-0.05, 0) is 44.0 Å². The molecular formula is C23H25BN6O. The van der Waals surface area contributed by atoms with Crippen LogP contribution in [0.25, 0.3) is 11.0 Å². The van der Waals surface area contributed by atoms with Crippen molar-refractivity contribution in [2.75, 3.05) is 31.1 Å². The zero-order chi connectivity index (χ0) is 21.5. The maximum Gasteiger partial charge on any atom is 0.207 e. The van der Waals surface area contributed by atoms with Crippen LogP contribution in [-0.2, 0) is 4.74 Å². The molecule has 1 unspecified atom stereocenters. The predicted octanol–water partition coefficient (Wildman–Crippen LogP) is 1.58. The van der Waals surface area contributed by atoms with Crippen LogP contribution in [0, 0.1) is 18.3 Å². The molecule has 156 valence electrons. The zero-order valence-electron chi connectivity index (χ0n) is 17.9. The Morgan fingerprint density at radius 2 is 2.23 bits per heavy atom. The summed E-state index contributed by atoms with van der Waals surface area (Å²) in [7, 11) is 6.49. The first-order valence-corrected chi connectivity index (χ1v) is 10.8. The van der Waals surface area contributed by atoms with Crippen molar-refractivity contribution >= 4 is 30.3 Å². The summed E-state index contributed by atoms with van der Waals surface area (Å²) in [5.41, 5.74) is 5.03. The molecule has 2 radical (unpaired) electrons. The van der Waals surface area contributed by atoms with Crippen LogP contribution in [0.4, 0.5) is 5.95 Å². The highest BCUT2D eigenvalue weighted by Crippen LogP contribution is 2.31. The molecule has 8 heteroatoms. The number of aromatic nitrogens is 3. The van der Waals surface area contributed by atoms with Gasteiger partial charge >= 0.3 is 0 Å². The molecule has 2 aliphatic heterocycles. The van der Waals surface area contributed by atoms with Gasteiger partial charge in [0, 0.05) is 25.8 Å². The molecule has 7 nitrogen and oxygen atoms in total. The summed E-state index contributed by atoms with van der Waals surface area (Å²) in [5.74, 6) is 0.900. The largest absolute Gasteiger partial charge is 0.375 e. The monoisotopic (exact) mass is 412 g/mol. The molecule has 0 amide bonds. The maximum atomic E-state index is 9.12. The molecule has 3 aromatic rings. The molecule has 1 N–H and O–H groups in total. The Bertz CT molecular complexity index is 1150. The van der Waals surface area contributed by atoms with Gasteiger partial charge in [0.25, 0.3) is 0 Å². The van der Waals surface area contributed by atoms with Crippen LogP contribution in [-0.4, -0.2) is 60.8 Å². The van der Waals surface area contributed by atoms with E-state index in [1.165, 1.54) is 0 Å². The number of nitrogens with one attached hydrogen (secondary N) is 1. The van der Waals surface area contributed by atoms with E-state index < -0.39 is 0 Å². The number of ether oxygens (including phenoxy) is 1. The molecule has 2 aliphatic rings. The first kappa shape index (κ1) is 20.0. The number of rotatable bonds is 3. The Balaban J connectivity index is 1.60.